The lowest BCUT2D eigenvalue weighted by molar-refractivity contribution is -0.140. The van der Waals surface area contributed by atoms with Crippen molar-refractivity contribution in [2.24, 2.45) is 26.8 Å². The second-order valence-electron chi connectivity index (χ2n) is 13.7. The van der Waals surface area contributed by atoms with E-state index in [9.17, 15) is 9.90 Å². The maximum absolute atomic E-state index is 12.4. The Bertz CT molecular complexity index is 2080. The normalized spacial score (nSPS) is 23.3. The molecule has 2 unspecified atom stereocenters. The highest BCUT2D eigenvalue weighted by molar-refractivity contribution is 14.1. The average Bonchev–Trinajstić information content (AvgIpc) is 3.85. The molecule has 7 rings (SSSR count). The smallest absolute Gasteiger partial charge is 0.305 e. The molecule has 8 bridgehead atoms. The van der Waals surface area contributed by atoms with Crippen LogP contribution in [-0.2, 0) is 20.9 Å². The maximum Gasteiger partial charge on any atom is 0.305 e. The highest BCUT2D eigenvalue weighted by Gasteiger charge is 2.41. The second-order valence-corrected chi connectivity index (χ2v) is 15.0. The fraction of sp³-hybridized carbons (Fsp3) is 0.366. The van der Waals surface area contributed by atoms with Crippen molar-refractivity contribution in [3.63, 3.8) is 0 Å². The number of aliphatic hydroxyl groups excluding tert-OH is 1. The van der Waals surface area contributed by atoms with Crippen molar-refractivity contribution in [3.8, 4) is 0 Å². The third-order valence-corrected chi connectivity index (χ3v) is 11.5. The van der Waals surface area contributed by atoms with Gasteiger partial charge in [0.1, 0.15) is 5.76 Å². The summed E-state index contributed by atoms with van der Waals surface area (Å²) in [6, 6.07) is 8.38. The number of hydrogen-bond acceptors (Lipinski definition) is 8. The predicted molar refractivity (Wildman–Crippen MR) is 207 cm³/mol. The molecule has 50 heavy (non-hydrogen) atoms. The number of allylic oxidation sites excluding steroid dienone is 11. The van der Waals surface area contributed by atoms with Crippen LogP contribution < -0.4 is 5.32 Å². The Labute approximate surface area is 307 Å². The number of rotatable bonds is 8. The van der Waals surface area contributed by atoms with Gasteiger partial charge in [0.2, 0.25) is 0 Å². The maximum atomic E-state index is 12.4. The van der Waals surface area contributed by atoms with Gasteiger partial charge >= 0.3 is 5.97 Å². The molecule has 9 heteroatoms. The van der Waals surface area contributed by atoms with E-state index in [1.807, 2.05) is 6.92 Å². The lowest BCUT2D eigenvalue weighted by atomic mass is 9.86. The Morgan fingerprint density at radius 3 is 2.56 bits per heavy atom. The molecule has 1 aromatic carbocycles. The highest BCUT2D eigenvalue weighted by Crippen LogP contribution is 2.46. The van der Waals surface area contributed by atoms with Crippen molar-refractivity contribution in [2.45, 2.75) is 79.9 Å². The van der Waals surface area contributed by atoms with Crippen molar-refractivity contribution in [1.82, 2.24) is 5.32 Å². The van der Waals surface area contributed by atoms with Crippen molar-refractivity contribution in [3.05, 3.63) is 125 Å². The number of aliphatic hydroxyl groups is 1. The fourth-order valence-corrected chi connectivity index (χ4v) is 8.55. The molecule has 8 nitrogen and oxygen atoms in total. The number of fused-ring (bicyclic) bond motifs is 5. The summed E-state index contributed by atoms with van der Waals surface area (Å²) in [4.78, 5) is 27.9. The molecule has 0 aromatic heterocycles. The molecular formula is C41H43IN4O4. The van der Waals surface area contributed by atoms with E-state index in [2.05, 4.69) is 105 Å². The molecule has 5 aliphatic heterocycles. The molecule has 0 spiro atoms. The van der Waals surface area contributed by atoms with E-state index in [1.54, 1.807) is 0 Å². The van der Waals surface area contributed by atoms with Crippen LogP contribution in [0.15, 0.2) is 131 Å². The van der Waals surface area contributed by atoms with Crippen LogP contribution in [0.4, 0.5) is 0 Å². The summed E-state index contributed by atoms with van der Waals surface area (Å²) in [5.41, 5.74) is 15.3. The van der Waals surface area contributed by atoms with Crippen molar-refractivity contribution < 1.29 is 19.4 Å². The monoisotopic (exact) mass is 782 g/mol. The number of carbonyl (C=O) groups excluding carboxylic acids is 1. The summed E-state index contributed by atoms with van der Waals surface area (Å²) in [5, 5.41) is 15.1. The summed E-state index contributed by atoms with van der Waals surface area (Å²) in [7, 11) is 1.43. The van der Waals surface area contributed by atoms with Crippen molar-refractivity contribution >= 4 is 45.7 Å². The molecule has 258 valence electrons. The summed E-state index contributed by atoms with van der Waals surface area (Å²) in [6.45, 7) is 13.2. The third kappa shape index (κ3) is 6.02. The number of ether oxygens (including phenoxy) is 2. The number of carbonyl (C=O) groups is 1. The zero-order valence-electron chi connectivity index (χ0n) is 29.7. The topological polar surface area (TPSA) is 105 Å². The van der Waals surface area contributed by atoms with E-state index in [-0.39, 0.29) is 23.9 Å². The van der Waals surface area contributed by atoms with E-state index in [0.717, 1.165) is 91.0 Å². The van der Waals surface area contributed by atoms with Gasteiger partial charge in [-0.2, -0.15) is 0 Å². The summed E-state index contributed by atoms with van der Waals surface area (Å²) >= 11 is 2.33. The third-order valence-electron chi connectivity index (χ3n) is 10.8. The SMILES string of the molecule is CCC1=C(C)C2=NC1=CC1=C(C)C3=C(O)CC(=C4NC(=CC5=NC(=C2)C(C(C)OCc2cccc(I)c2)=C5C)[C@@H](C)C4CCC(=O)OC)C3=N1. The molecule has 3 atom stereocenters. The van der Waals surface area contributed by atoms with Gasteiger partial charge < -0.3 is 19.9 Å². The van der Waals surface area contributed by atoms with Crippen LogP contribution in [-0.4, -0.2) is 41.4 Å². The molecule has 1 fully saturated rings. The quantitative estimate of drug-likeness (QED) is 0.203. The number of halogens is 1. The molecule has 2 N–H and O–H groups in total. The van der Waals surface area contributed by atoms with Crippen LogP contribution in [0.2, 0.25) is 0 Å². The van der Waals surface area contributed by atoms with Crippen LogP contribution in [0.3, 0.4) is 0 Å². The molecule has 6 aliphatic rings. The first-order valence-corrected chi connectivity index (χ1v) is 18.5. The molecule has 1 aliphatic carbocycles. The van der Waals surface area contributed by atoms with E-state index >= 15 is 0 Å². The van der Waals surface area contributed by atoms with Crippen LogP contribution in [0.25, 0.3) is 0 Å². The van der Waals surface area contributed by atoms with Crippen LogP contribution in [0, 0.1) is 15.4 Å². The van der Waals surface area contributed by atoms with Gasteiger partial charge in [-0.3, -0.25) is 4.79 Å². The number of methoxy groups -OCH3 is 1. The first-order valence-electron chi connectivity index (χ1n) is 17.4. The fourth-order valence-electron chi connectivity index (χ4n) is 7.94. The Kier molecular flexibility index (Phi) is 9.32. The number of benzene rings is 1. The van der Waals surface area contributed by atoms with Gasteiger partial charge in [-0.1, -0.05) is 26.0 Å². The zero-order valence-corrected chi connectivity index (χ0v) is 31.9. The van der Waals surface area contributed by atoms with E-state index in [0.29, 0.717) is 31.6 Å². The van der Waals surface area contributed by atoms with Crippen LogP contribution >= 0.6 is 22.6 Å². The number of hydrogen-bond donors (Lipinski definition) is 2. The lowest BCUT2D eigenvalue weighted by Crippen LogP contribution is -2.16. The van der Waals surface area contributed by atoms with Crippen molar-refractivity contribution in [1.29, 1.82) is 0 Å². The van der Waals surface area contributed by atoms with Gasteiger partial charge in [0, 0.05) is 56.4 Å². The number of esters is 1. The molecule has 1 saturated heterocycles. The second kappa shape index (κ2) is 13.6. The van der Waals surface area contributed by atoms with E-state index in [4.69, 9.17) is 24.5 Å². The van der Waals surface area contributed by atoms with Gasteiger partial charge in [-0.15, -0.1) is 0 Å². The largest absolute Gasteiger partial charge is 0.511 e. The Morgan fingerprint density at radius 1 is 1.06 bits per heavy atom. The Hall–Kier alpha value is -4.09. The first-order chi connectivity index (χ1) is 24.0. The number of nitrogens with one attached hydrogen (secondary N) is 1. The molecular weight excluding hydrogens is 739 g/mol. The minimum Gasteiger partial charge on any atom is -0.511 e. The Morgan fingerprint density at radius 2 is 1.82 bits per heavy atom. The van der Waals surface area contributed by atoms with Gasteiger partial charge in [0.05, 0.1) is 54.0 Å². The summed E-state index contributed by atoms with van der Waals surface area (Å²) < 4.78 is 12.7. The van der Waals surface area contributed by atoms with E-state index < -0.39 is 0 Å². The lowest BCUT2D eigenvalue weighted by Gasteiger charge is -2.17. The molecule has 5 heterocycles. The van der Waals surface area contributed by atoms with Crippen LogP contribution in [0.5, 0.6) is 0 Å². The number of aliphatic imine (C=N–C) groups is 3. The van der Waals surface area contributed by atoms with Crippen molar-refractivity contribution in [2.75, 3.05) is 7.11 Å². The summed E-state index contributed by atoms with van der Waals surface area (Å²) in [6.07, 6.45) is 8.19. The minimum atomic E-state index is -0.237. The van der Waals surface area contributed by atoms with Gasteiger partial charge in [0.15, 0.2) is 0 Å². The van der Waals surface area contributed by atoms with Gasteiger partial charge in [-0.25, -0.2) is 15.0 Å². The molecule has 1 aromatic rings. The molecule has 0 amide bonds. The minimum absolute atomic E-state index is 0.000800. The van der Waals surface area contributed by atoms with Gasteiger partial charge in [-0.05, 0) is 121 Å². The molecule has 0 radical (unpaired) electrons. The predicted octanol–water partition coefficient (Wildman–Crippen LogP) is 8.82. The zero-order chi connectivity index (χ0) is 35.4. The van der Waals surface area contributed by atoms with Gasteiger partial charge in [0.25, 0.3) is 0 Å². The standard InChI is InChI=1S/C41H43IN4O4/c1-8-27-20(2)30-18-35-38(24(6)50-19-25-10-9-11-26(42)14-25)22(4)32(44-35)16-31-21(3)28(12-13-37(48)49-7)40(45-31)29-15-36(47)39-23(5)33(46-41(29)39)17-34(27)43-30/h9-11,14,16-18,21,24,28,45,47H,8,12-13,15,19H2,1-7H3/t21-,24?,28?/m0/s1. The summed E-state index contributed by atoms with van der Waals surface area (Å²) in [5.74, 6) is 0.143. The molecule has 0 saturated carbocycles. The number of nitrogens with zero attached hydrogens (tertiary/aromatic N) is 3. The average molecular weight is 783 g/mol. The Balaban J connectivity index is 1.38. The first kappa shape index (κ1) is 34.4. The van der Waals surface area contributed by atoms with Crippen LogP contribution in [0.1, 0.15) is 72.8 Å². The van der Waals surface area contributed by atoms with E-state index in [1.165, 1.54) is 16.3 Å². The highest BCUT2D eigenvalue weighted by atomic mass is 127.